The Hall–Kier alpha value is -2.67. The summed E-state index contributed by atoms with van der Waals surface area (Å²) in [7, 11) is 0. The maximum atomic E-state index is 8.72. The van der Waals surface area contributed by atoms with E-state index in [-0.39, 0.29) is 18.4 Å². The zero-order valence-electron chi connectivity index (χ0n) is 16.9. The molecule has 3 aromatic rings. The Labute approximate surface area is 181 Å². The second-order valence-electron chi connectivity index (χ2n) is 7.27. The van der Waals surface area contributed by atoms with Gasteiger partial charge in [-0.25, -0.2) is 0 Å². The predicted octanol–water partition coefficient (Wildman–Crippen LogP) is 4.94. The highest BCUT2D eigenvalue weighted by atomic mass is 32.1. The average Bonchev–Trinajstić information content (AvgIpc) is 3.15. The predicted molar refractivity (Wildman–Crippen MR) is 121 cm³/mol. The molecule has 0 saturated carbocycles. The highest BCUT2D eigenvalue weighted by molar-refractivity contribution is 7.22. The molecule has 0 radical (unpaired) electrons. The molecular formula is C25H24N2O2S. The van der Waals surface area contributed by atoms with Gasteiger partial charge in [0.1, 0.15) is 6.61 Å². The fourth-order valence-corrected chi connectivity index (χ4v) is 4.91. The summed E-state index contributed by atoms with van der Waals surface area (Å²) in [4.78, 5) is 1.19. The number of nitrogens with zero attached hydrogens (tertiary/aromatic N) is 1. The first-order valence-electron chi connectivity index (χ1n) is 10.2. The van der Waals surface area contributed by atoms with Gasteiger partial charge >= 0.3 is 0 Å². The Balaban J connectivity index is 1.44. The van der Waals surface area contributed by atoms with E-state index in [1.54, 1.807) is 11.3 Å². The third kappa shape index (κ3) is 4.73. The van der Waals surface area contributed by atoms with Crippen molar-refractivity contribution in [2.75, 3.05) is 13.2 Å². The van der Waals surface area contributed by atoms with Crippen molar-refractivity contribution in [1.82, 2.24) is 5.32 Å². The van der Waals surface area contributed by atoms with E-state index < -0.39 is 0 Å². The van der Waals surface area contributed by atoms with Gasteiger partial charge in [0.2, 0.25) is 0 Å². The van der Waals surface area contributed by atoms with Crippen molar-refractivity contribution >= 4 is 21.4 Å². The standard InChI is InChI=1S/C25H24N2O2S/c1-18-22(27-16-15-26)13-14-24(29-18)28-17-7-11-21-20-10-5-6-12-23(20)30-25(21)19-8-3-2-4-9-19/h2-6,8-10,12,18,22,24,27H,13-14,16-17H2,1H3/t18-,22-,24+/m0/s1. The molecule has 30 heavy (non-hydrogen) atoms. The van der Waals surface area contributed by atoms with E-state index in [4.69, 9.17) is 14.7 Å². The van der Waals surface area contributed by atoms with Gasteiger partial charge < -0.3 is 9.47 Å². The number of ether oxygens (including phenoxy) is 2. The number of fused-ring (bicyclic) bond motifs is 1. The summed E-state index contributed by atoms with van der Waals surface area (Å²) in [5.41, 5.74) is 2.24. The topological polar surface area (TPSA) is 54.3 Å². The first kappa shape index (κ1) is 20.6. The molecule has 152 valence electrons. The number of nitrogens with one attached hydrogen (secondary N) is 1. The molecule has 3 atom stereocenters. The summed E-state index contributed by atoms with van der Waals surface area (Å²) in [6, 6.07) is 21.1. The number of nitriles is 1. The first-order valence-corrected chi connectivity index (χ1v) is 11.0. The molecule has 0 aliphatic carbocycles. The third-order valence-corrected chi connectivity index (χ3v) is 6.50. The van der Waals surface area contributed by atoms with Crippen LogP contribution in [0.5, 0.6) is 0 Å². The molecule has 0 amide bonds. The molecule has 0 spiro atoms. The van der Waals surface area contributed by atoms with Gasteiger partial charge in [0.15, 0.2) is 6.29 Å². The Bertz CT molecular complexity index is 1090. The van der Waals surface area contributed by atoms with Crippen molar-refractivity contribution in [2.45, 2.75) is 38.2 Å². The molecule has 5 heteroatoms. The quantitative estimate of drug-likeness (QED) is 0.473. The second kappa shape index (κ2) is 9.89. The molecule has 0 bridgehead atoms. The van der Waals surface area contributed by atoms with Crippen LogP contribution in [0.3, 0.4) is 0 Å². The van der Waals surface area contributed by atoms with E-state index in [1.807, 2.05) is 13.0 Å². The van der Waals surface area contributed by atoms with Crippen LogP contribution in [0, 0.1) is 23.2 Å². The summed E-state index contributed by atoms with van der Waals surface area (Å²) in [6.45, 7) is 2.68. The van der Waals surface area contributed by atoms with Crippen LogP contribution in [0.2, 0.25) is 0 Å². The van der Waals surface area contributed by atoms with Gasteiger partial charge in [-0.15, -0.1) is 11.3 Å². The van der Waals surface area contributed by atoms with Crippen LogP contribution < -0.4 is 5.32 Å². The van der Waals surface area contributed by atoms with Crippen molar-refractivity contribution in [2.24, 2.45) is 0 Å². The molecule has 1 aromatic heterocycles. The van der Waals surface area contributed by atoms with Crippen LogP contribution in [0.25, 0.3) is 20.5 Å². The summed E-state index contributed by atoms with van der Waals surface area (Å²) in [5.74, 6) is 6.55. The Morgan fingerprint density at radius 2 is 1.93 bits per heavy atom. The average molecular weight is 417 g/mol. The minimum Gasteiger partial charge on any atom is -0.348 e. The first-order chi connectivity index (χ1) is 14.8. The van der Waals surface area contributed by atoms with E-state index in [2.05, 4.69) is 71.8 Å². The SMILES string of the molecule is C[C@@H]1O[C@@H](OCC#Cc2c(-c3ccccc3)sc3ccccc23)CC[C@@H]1NCC#N. The Morgan fingerprint density at radius 1 is 1.13 bits per heavy atom. The lowest BCUT2D eigenvalue weighted by molar-refractivity contribution is -0.190. The molecule has 1 saturated heterocycles. The van der Waals surface area contributed by atoms with E-state index in [9.17, 15) is 0 Å². The van der Waals surface area contributed by atoms with Crippen LogP contribution in [-0.2, 0) is 9.47 Å². The molecule has 2 heterocycles. The lowest BCUT2D eigenvalue weighted by Crippen LogP contribution is -2.46. The number of rotatable bonds is 5. The number of hydrogen-bond acceptors (Lipinski definition) is 5. The van der Waals surface area contributed by atoms with Crippen molar-refractivity contribution in [1.29, 1.82) is 5.26 Å². The second-order valence-corrected chi connectivity index (χ2v) is 8.33. The van der Waals surface area contributed by atoms with Crippen LogP contribution in [0.15, 0.2) is 54.6 Å². The van der Waals surface area contributed by atoms with Gasteiger partial charge in [-0.1, -0.05) is 60.4 Å². The molecule has 4 nitrogen and oxygen atoms in total. The molecular weight excluding hydrogens is 392 g/mol. The van der Waals surface area contributed by atoms with Gasteiger partial charge in [-0.2, -0.15) is 5.26 Å². The van der Waals surface area contributed by atoms with Crippen molar-refractivity contribution in [3.63, 3.8) is 0 Å². The van der Waals surface area contributed by atoms with E-state index >= 15 is 0 Å². The van der Waals surface area contributed by atoms with Crippen LogP contribution in [-0.4, -0.2) is 31.6 Å². The minimum atomic E-state index is -0.248. The van der Waals surface area contributed by atoms with Gasteiger partial charge in [-0.05, 0) is 25.0 Å². The summed E-state index contributed by atoms with van der Waals surface area (Å²) < 4.78 is 13.1. The van der Waals surface area contributed by atoms with Gasteiger partial charge in [-0.3, -0.25) is 5.32 Å². The third-order valence-electron chi connectivity index (χ3n) is 5.28. The van der Waals surface area contributed by atoms with Gasteiger partial charge in [0.25, 0.3) is 0 Å². The highest BCUT2D eigenvalue weighted by Crippen LogP contribution is 2.37. The smallest absolute Gasteiger partial charge is 0.159 e. The minimum absolute atomic E-state index is 0.00978. The number of hydrogen-bond donors (Lipinski definition) is 1. The summed E-state index contributed by atoms with van der Waals surface area (Å²) >= 11 is 1.77. The van der Waals surface area contributed by atoms with Crippen molar-refractivity contribution in [3.05, 3.63) is 60.2 Å². The number of thiophene rings is 1. The molecule has 1 aliphatic rings. The molecule has 1 aliphatic heterocycles. The fraction of sp³-hybridized carbons (Fsp3) is 0.320. The molecule has 4 rings (SSSR count). The molecule has 1 fully saturated rings. The molecule has 2 aromatic carbocycles. The van der Waals surface area contributed by atoms with Crippen molar-refractivity contribution < 1.29 is 9.47 Å². The zero-order valence-corrected chi connectivity index (χ0v) is 17.7. The van der Waals surface area contributed by atoms with Crippen molar-refractivity contribution in [3.8, 4) is 28.4 Å². The fourth-order valence-electron chi connectivity index (χ4n) is 3.74. The molecule has 1 N–H and O–H groups in total. The monoisotopic (exact) mass is 416 g/mol. The Morgan fingerprint density at radius 3 is 2.73 bits per heavy atom. The highest BCUT2D eigenvalue weighted by Gasteiger charge is 2.28. The van der Waals surface area contributed by atoms with Crippen LogP contribution in [0.1, 0.15) is 25.3 Å². The maximum absolute atomic E-state index is 8.72. The zero-order chi connectivity index (χ0) is 20.8. The number of benzene rings is 2. The largest absolute Gasteiger partial charge is 0.348 e. The van der Waals surface area contributed by atoms with Crippen LogP contribution >= 0.6 is 11.3 Å². The van der Waals surface area contributed by atoms with Gasteiger partial charge in [0, 0.05) is 22.5 Å². The lowest BCUT2D eigenvalue weighted by Gasteiger charge is -2.34. The van der Waals surface area contributed by atoms with E-state index in [0.717, 1.165) is 18.4 Å². The van der Waals surface area contributed by atoms with Crippen LogP contribution in [0.4, 0.5) is 0 Å². The maximum Gasteiger partial charge on any atom is 0.159 e. The Kier molecular flexibility index (Phi) is 6.79. The normalized spacial score (nSPS) is 21.0. The van der Waals surface area contributed by atoms with E-state index in [0.29, 0.717) is 13.2 Å². The molecule has 0 unspecified atom stereocenters. The van der Waals surface area contributed by atoms with Gasteiger partial charge in [0.05, 0.1) is 29.2 Å². The van der Waals surface area contributed by atoms with E-state index in [1.165, 1.54) is 20.5 Å². The summed E-state index contributed by atoms with van der Waals surface area (Å²) in [6.07, 6.45) is 1.48. The lowest BCUT2D eigenvalue weighted by atomic mass is 10.0. The summed E-state index contributed by atoms with van der Waals surface area (Å²) in [5, 5.41) is 13.1.